The Labute approximate surface area is 143 Å². The summed E-state index contributed by atoms with van der Waals surface area (Å²) in [4.78, 5) is 16.1. The lowest BCUT2D eigenvalue weighted by atomic mass is 9.88. The lowest BCUT2D eigenvalue weighted by Crippen LogP contribution is -2.46. The van der Waals surface area contributed by atoms with Crippen LogP contribution in [0.1, 0.15) is 12.0 Å². The molecule has 1 saturated heterocycles. The molecule has 0 spiro atoms. The molecule has 126 valence electrons. The van der Waals surface area contributed by atoms with E-state index in [1.807, 2.05) is 54.2 Å². The van der Waals surface area contributed by atoms with Gasteiger partial charge in [0.25, 0.3) is 0 Å². The molecule has 0 bridgehead atoms. The van der Waals surface area contributed by atoms with Gasteiger partial charge in [0.2, 0.25) is 5.91 Å². The maximum absolute atomic E-state index is 12.3. The monoisotopic (exact) mass is 336 g/mol. The van der Waals surface area contributed by atoms with Crippen molar-refractivity contribution in [3.8, 4) is 0 Å². The molecule has 5 heteroatoms. The zero-order valence-electron chi connectivity index (χ0n) is 13.8. The summed E-state index contributed by atoms with van der Waals surface area (Å²) in [7, 11) is 3.93. The van der Waals surface area contributed by atoms with E-state index >= 15 is 0 Å². The molecule has 23 heavy (non-hydrogen) atoms. The molecule has 1 aromatic rings. The lowest BCUT2D eigenvalue weighted by Gasteiger charge is -2.36. The second-order valence-corrected chi connectivity index (χ2v) is 6.83. The smallest absolute Gasteiger partial charge is 0.246 e. The number of amides is 1. The Morgan fingerprint density at radius 3 is 2.74 bits per heavy atom. The van der Waals surface area contributed by atoms with Crippen molar-refractivity contribution in [2.24, 2.45) is 5.92 Å². The van der Waals surface area contributed by atoms with Crippen molar-refractivity contribution >= 4 is 17.5 Å². The van der Waals surface area contributed by atoms with Crippen LogP contribution in [0, 0.1) is 5.92 Å². The quantitative estimate of drug-likeness (QED) is 0.838. The minimum Gasteiger partial charge on any atom is -0.393 e. The van der Waals surface area contributed by atoms with Gasteiger partial charge in [0.1, 0.15) is 0 Å². The van der Waals surface area contributed by atoms with Crippen LogP contribution in [0.3, 0.4) is 0 Å². The number of rotatable bonds is 5. The molecule has 2 atom stereocenters. The van der Waals surface area contributed by atoms with Crippen molar-refractivity contribution in [1.29, 1.82) is 0 Å². The van der Waals surface area contributed by atoms with E-state index in [0.717, 1.165) is 18.5 Å². The summed E-state index contributed by atoms with van der Waals surface area (Å²) in [6, 6.07) is 7.68. The van der Waals surface area contributed by atoms with Gasteiger partial charge in [-0.2, -0.15) is 0 Å². The highest BCUT2D eigenvalue weighted by Crippen LogP contribution is 2.22. The van der Waals surface area contributed by atoms with Crippen LogP contribution in [0.5, 0.6) is 0 Å². The van der Waals surface area contributed by atoms with Crippen LogP contribution >= 0.6 is 11.6 Å². The summed E-state index contributed by atoms with van der Waals surface area (Å²) >= 11 is 5.91. The number of carbonyl (C=O) groups is 1. The van der Waals surface area contributed by atoms with Crippen LogP contribution in [0.4, 0.5) is 0 Å². The number of hydrogen-bond acceptors (Lipinski definition) is 3. The van der Waals surface area contributed by atoms with E-state index in [1.54, 1.807) is 6.08 Å². The summed E-state index contributed by atoms with van der Waals surface area (Å²) in [5.74, 6) is 0.0935. The average Bonchev–Trinajstić information content (AvgIpc) is 2.51. The maximum atomic E-state index is 12.3. The minimum atomic E-state index is -0.361. The summed E-state index contributed by atoms with van der Waals surface area (Å²) < 4.78 is 0. The third-order valence-electron chi connectivity index (χ3n) is 4.15. The zero-order chi connectivity index (χ0) is 16.8. The predicted octanol–water partition coefficient (Wildman–Crippen LogP) is 2.21. The van der Waals surface area contributed by atoms with Gasteiger partial charge in [-0.25, -0.2) is 0 Å². The number of halogens is 1. The molecule has 1 aliphatic heterocycles. The first-order valence-electron chi connectivity index (χ1n) is 7.98. The number of likely N-dealkylation sites (N-methyl/N-ethyl adjacent to an activating group) is 1. The molecule has 1 aromatic carbocycles. The van der Waals surface area contributed by atoms with Gasteiger partial charge in [-0.3, -0.25) is 4.79 Å². The third kappa shape index (κ3) is 5.65. The van der Waals surface area contributed by atoms with Gasteiger partial charge < -0.3 is 14.9 Å². The van der Waals surface area contributed by atoms with E-state index < -0.39 is 0 Å². The van der Waals surface area contributed by atoms with Crippen LogP contribution in [0.15, 0.2) is 36.4 Å². The maximum Gasteiger partial charge on any atom is 0.246 e. The number of likely N-dealkylation sites (tertiary alicyclic amines) is 1. The fourth-order valence-electron chi connectivity index (χ4n) is 2.81. The third-order valence-corrected chi connectivity index (χ3v) is 4.40. The number of aliphatic hydroxyl groups is 1. The first kappa shape index (κ1) is 18.0. The van der Waals surface area contributed by atoms with Crippen molar-refractivity contribution in [1.82, 2.24) is 9.80 Å². The molecule has 1 aliphatic rings. The van der Waals surface area contributed by atoms with Crippen molar-refractivity contribution in [2.75, 3.05) is 33.7 Å². The molecule has 4 nitrogen and oxygen atoms in total. The molecule has 1 N–H and O–H groups in total. The second kappa shape index (κ2) is 8.48. The molecular formula is C18H25ClN2O2. The summed E-state index contributed by atoms with van der Waals surface area (Å²) in [5, 5.41) is 11.0. The molecule has 0 aromatic heterocycles. The van der Waals surface area contributed by atoms with Crippen LogP contribution < -0.4 is 0 Å². The fourth-order valence-corrected chi connectivity index (χ4v) is 2.94. The number of nitrogens with zero attached hydrogens (tertiary/aromatic N) is 2. The molecular weight excluding hydrogens is 312 g/mol. The number of benzene rings is 1. The van der Waals surface area contributed by atoms with Gasteiger partial charge >= 0.3 is 0 Å². The Hall–Kier alpha value is -1.36. The fraction of sp³-hybridized carbons (Fsp3) is 0.500. The van der Waals surface area contributed by atoms with Gasteiger partial charge in [0.05, 0.1) is 6.10 Å². The van der Waals surface area contributed by atoms with Gasteiger partial charge in [-0.1, -0.05) is 29.8 Å². The predicted molar refractivity (Wildman–Crippen MR) is 93.5 cm³/mol. The largest absolute Gasteiger partial charge is 0.393 e. The molecule has 0 saturated carbocycles. The summed E-state index contributed by atoms with van der Waals surface area (Å²) in [6.07, 6.45) is 4.54. The van der Waals surface area contributed by atoms with Crippen LogP contribution in [0.2, 0.25) is 5.02 Å². The average molecular weight is 337 g/mol. The van der Waals surface area contributed by atoms with E-state index in [4.69, 9.17) is 11.6 Å². The summed E-state index contributed by atoms with van der Waals surface area (Å²) in [5.41, 5.74) is 1.14. The SMILES string of the molecule is CN(C)C/C=C/C(=O)N1CC[C@H](O)[C@H](Cc2ccc(Cl)cc2)C1. The Balaban J connectivity index is 1.94. The lowest BCUT2D eigenvalue weighted by molar-refractivity contribution is -0.129. The number of carbonyl (C=O) groups excluding carboxylic acids is 1. The van der Waals surface area contributed by atoms with Crippen LogP contribution in [-0.2, 0) is 11.2 Å². The zero-order valence-corrected chi connectivity index (χ0v) is 14.5. The highest BCUT2D eigenvalue weighted by molar-refractivity contribution is 6.30. The first-order chi connectivity index (χ1) is 11.0. The van der Waals surface area contributed by atoms with E-state index in [9.17, 15) is 9.90 Å². The van der Waals surface area contributed by atoms with Crippen molar-refractivity contribution in [2.45, 2.75) is 18.9 Å². The second-order valence-electron chi connectivity index (χ2n) is 6.40. The first-order valence-corrected chi connectivity index (χ1v) is 8.36. The van der Waals surface area contributed by atoms with E-state index in [0.29, 0.717) is 24.5 Å². The molecule has 1 heterocycles. The van der Waals surface area contributed by atoms with Crippen molar-refractivity contribution in [3.63, 3.8) is 0 Å². The molecule has 0 aliphatic carbocycles. The topological polar surface area (TPSA) is 43.8 Å². The number of piperidine rings is 1. The van der Waals surface area contributed by atoms with Gasteiger partial charge in [0.15, 0.2) is 0 Å². The molecule has 0 radical (unpaired) electrons. The van der Waals surface area contributed by atoms with Crippen molar-refractivity contribution < 1.29 is 9.90 Å². The normalized spacial score (nSPS) is 22.0. The molecule has 2 rings (SSSR count). The Kier molecular flexibility index (Phi) is 6.63. The Morgan fingerprint density at radius 2 is 2.09 bits per heavy atom. The molecule has 0 unspecified atom stereocenters. The highest BCUT2D eigenvalue weighted by atomic mass is 35.5. The Bertz CT molecular complexity index is 542. The van der Waals surface area contributed by atoms with E-state index in [1.165, 1.54) is 0 Å². The number of aliphatic hydroxyl groups excluding tert-OH is 1. The molecule has 1 amide bonds. The van der Waals surface area contributed by atoms with E-state index in [2.05, 4.69) is 0 Å². The summed E-state index contributed by atoms with van der Waals surface area (Å²) in [6.45, 7) is 1.95. The van der Waals surface area contributed by atoms with Gasteiger partial charge in [-0.15, -0.1) is 0 Å². The van der Waals surface area contributed by atoms with Crippen molar-refractivity contribution in [3.05, 3.63) is 47.0 Å². The van der Waals surface area contributed by atoms with Gasteiger partial charge in [0, 0.05) is 36.7 Å². The minimum absolute atomic E-state index is 0.0276. The van der Waals surface area contributed by atoms with Gasteiger partial charge in [-0.05, 0) is 44.6 Å². The Morgan fingerprint density at radius 1 is 1.39 bits per heavy atom. The standard InChI is InChI=1S/C18H25ClN2O2/c1-20(2)10-3-4-18(23)21-11-9-17(22)15(13-21)12-14-5-7-16(19)8-6-14/h3-8,15,17,22H,9-13H2,1-2H3/b4-3+/t15-,17+/m1/s1. The van der Waals surface area contributed by atoms with Crippen LogP contribution in [0.25, 0.3) is 0 Å². The molecule has 1 fully saturated rings. The highest BCUT2D eigenvalue weighted by Gasteiger charge is 2.29. The number of hydrogen-bond donors (Lipinski definition) is 1. The van der Waals surface area contributed by atoms with E-state index in [-0.39, 0.29) is 17.9 Å². The van der Waals surface area contributed by atoms with Crippen LogP contribution in [-0.4, -0.2) is 60.6 Å².